The number of aliphatic carboxylic acids is 1. The third-order valence-corrected chi connectivity index (χ3v) is 22.1. The topological polar surface area (TPSA) is 273 Å². The van der Waals surface area contributed by atoms with E-state index in [1.165, 1.54) is 21.6 Å². The zero-order valence-electron chi connectivity index (χ0n) is 52.3. The molecule has 20 heteroatoms. The van der Waals surface area contributed by atoms with Gasteiger partial charge in [0.1, 0.15) is 23.6 Å². The maximum absolute atomic E-state index is 14.9. The smallest absolute Gasteiger partial charge is 0.353 e. The summed E-state index contributed by atoms with van der Waals surface area (Å²) in [5, 5.41) is 70.6. The number of amides is 2. The second-order valence-electron chi connectivity index (χ2n) is 27.5. The number of aliphatic hydroxyl groups is 5. The number of carboxylic acids is 1. The number of piperidine rings is 1. The quantitative estimate of drug-likeness (QED) is 0.0418. The number of thioether (sulfide) groups is 1. The first-order valence-corrected chi connectivity index (χ1v) is 32.3. The molecule has 6 heterocycles. The molecule has 2 amide bonds. The predicted molar refractivity (Wildman–Crippen MR) is 318 cm³/mol. The summed E-state index contributed by atoms with van der Waals surface area (Å²) in [6.45, 7) is 22.4. The summed E-state index contributed by atoms with van der Waals surface area (Å²) < 4.78 is 18.5. The molecule has 19 nitrogen and oxygen atoms in total. The number of carbonyl (C=O) groups excluding carboxylic acids is 5. The average molecular weight is 1200 g/mol. The molecule has 5 fully saturated rings. The fraction of sp³-hybridized carbons (Fsp3) is 0.812. The number of Topliss-reactive ketones (excluding diaryl/α,β-unsaturated/α-hetero) is 2. The zero-order valence-corrected chi connectivity index (χ0v) is 53.1. The van der Waals surface area contributed by atoms with Crippen LogP contribution in [0.2, 0.25) is 0 Å². The molecule has 2 bridgehead atoms. The van der Waals surface area contributed by atoms with Crippen molar-refractivity contribution in [1.82, 2.24) is 20.0 Å². The molecule has 0 unspecified atom stereocenters. The molecule has 0 spiro atoms. The van der Waals surface area contributed by atoms with E-state index in [2.05, 4.69) is 31.0 Å². The number of nitrogens with zero attached hydrogens (tertiary/aromatic N) is 3. The highest BCUT2D eigenvalue weighted by atomic mass is 32.2. The third kappa shape index (κ3) is 14.9. The fourth-order valence-electron chi connectivity index (χ4n) is 15.2. The predicted octanol–water partition coefficient (Wildman–Crippen LogP) is 6.16. The Balaban J connectivity index is 1.09. The van der Waals surface area contributed by atoms with Gasteiger partial charge in [0.05, 0.1) is 48.6 Å². The zero-order chi connectivity index (χ0) is 62.0. The highest BCUT2D eigenvalue weighted by Gasteiger charge is 2.61. The van der Waals surface area contributed by atoms with Crippen LogP contribution in [-0.2, 0) is 43.0 Å². The molecule has 1 aliphatic carbocycles. The average Bonchev–Trinajstić information content (AvgIpc) is 1.63. The van der Waals surface area contributed by atoms with Crippen molar-refractivity contribution in [2.45, 2.75) is 243 Å². The van der Waals surface area contributed by atoms with Crippen molar-refractivity contribution in [2.75, 3.05) is 33.8 Å². The van der Waals surface area contributed by atoms with Gasteiger partial charge >= 0.3 is 11.9 Å². The van der Waals surface area contributed by atoms with Crippen LogP contribution in [0.25, 0.3) is 0 Å². The number of β-lactam (4-membered cyclic amide) rings is 1. The molecule has 0 aromatic rings. The normalized spacial score (nSPS) is 39.7. The van der Waals surface area contributed by atoms with Crippen molar-refractivity contribution in [2.24, 2.45) is 53.3 Å². The molecule has 7 aliphatic rings. The molecule has 0 aromatic heterocycles. The van der Waals surface area contributed by atoms with Crippen LogP contribution in [0.15, 0.2) is 33.9 Å². The molecule has 21 atom stereocenters. The first-order valence-electron chi connectivity index (χ1n) is 31.4. The van der Waals surface area contributed by atoms with Crippen LogP contribution in [0.4, 0.5) is 0 Å². The Morgan fingerprint density at radius 2 is 1.67 bits per heavy atom. The summed E-state index contributed by atoms with van der Waals surface area (Å²) in [5.41, 5.74) is 1.18. The van der Waals surface area contributed by atoms with Crippen LogP contribution in [0, 0.1) is 53.3 Å². The lowest BCUT2D eigenvalue weighted by Gasteiger charge is -2.46. The lowest BCUT2D eigenvalue weighted by atomic mass is 9.76. The number of methoxy groups -OCH3 is 1. The van der Waals surface area contributed by atoms with Gasteiger partial charge < -0.3 is 64.9 Å². The molecule has 1 saturated carbocycles. The standard InChI is InChI=1S/C64H102N4O15S/c1-33-24-34(2)26-43(19-21-63(10,11)66(12)23-20-47(70)45-30-44(32-65-45)84-57-40(8)53-52(41(9)69)59(75)68(53)54(57)61(77)78)50(73)31-49(72)39(7)56(37(5)28-42-17-18-48(71)51(29-42)81-13)82-62(79)46-16-14-15-22-67(46)60(76)58(74)64(80)38(6)27-36(4)55(83-64)35(3)25-33/h26,28,33,35-36,38-49,51-53,55-56,65,69-72,80H,14-25,27,29-32H2,1-13H3,(H,77,78)/b34-26+,37-28+/t33-,35-,36-,38+,39+,40+,41+,42-,43+,44-,45-,46-,47+,48+,49-,51+,52+,53+,55+,56+,64+/m0/s1. The van der Waals surface area contributed by atoms with Crippen molar-refractivity contribution >= 4 is 47.1 Å². The summed E-state index contributed by atoms with van der Waals surface area (Å²) in [6.07, 6.45) is 5.12. The molecule has 0 radical (unpaired) electrons. The molecule has 474 valence electrons. The minimum atomic E-state index is -2.41. The van der Waals surface area contributed by atoms with Gasteiger partial charge in [-0.05, 0) is 154 Å². The number of aliphatic hydroxyl groups excluding tert-OH is 4. The Labute approximate surface area is 503 Å². The molecule has 4 saturated heterocycles. The summed E-state index contributed by atoms with van der Waals surface area (Å²) in [4.78, 5) is 89.3. The number of ketones is 2. The Bertz CT molecular complexity index is 2480. The highest BCUT2D eigenvalue weighted by molar-refractivity contribution is 8.03. The van der Waals surface area contributed by atoms with Crippen molar-refractivity contribution < 1.29 is 73.6 Å². The minimum Gasteiger partial charge on any atom is -0.477 e. The van der Waals surface area contributed by atoms with E-state index in [1.54, 1.807) is 27.9 Å². The van der Waals surface area contributed by atoms with Gasteiger partial charge in [-0.2, -0.15) is 0 Å². The maximum Gasteiger partial charge on any atom is 0.353 e. The molecular weight excluding hydrogens is 1100 g/mol. The van der Waals surface area contributed by atoms with Crippen LogP contribution in [-0.4, -0.2) is 192 Å². The largest absolute Gasteiger partial charge is 0.477 e. The monoisotopic (exact) mass is 1200 g/mol. The lowest BCUT2D eigenvalue weighted by Crippen LogP contribution is -2.63. The summed E-state index contributed by atoms with van der Waals surface area (Å²) in [5.74, 6) is -10.1. The van der Waals surface area contributed by atoms with E-state index in [9.17, 15) is 59.4 Å². The first kappa shape index (κ1) is 67.9. The summed E-state index contributed by atoms with van der Waals surface area (Å²) in [7, 11) is 3.57. The van der Waals surface area contributed by atoms with E-state index in [1.807, 2.05) is 53.8 Å². The fourth-order valence-corrected chi connectivity index (χ4v) is 16.7. The van der Waals surface area contributed by atoms with E-state index in [4.69, 9.17) is 14.2 Å². The molecular formula is C64H102N4O15S. The molecule has 7 N–H and O–H groups in total. The van der Waals surface area contributed by atoms with Gasteiger partial charge in [0.2, 0.25) is 11.7 Å². The van der Waals surface area contributed by atoms with Gasteiger partial charge in [-0.25, -0.2) is 9.59 Å². The number of rotatable bonds is 15. The molecule has 7 rings (SSSR count). The van der Waals surface area contributed by atoms with Gasteiger partial charge in [-0.15, -0.1) is 11.8 Å². The van der Waals surface area contributed by atoms with Gasteiger partial charge in [0.25, 0.3) is 11.7 Å². The Kier molecular flexibility index (Phi) is 22.9. The van der Waals surface area contributed by atoms with Gasteiger partial charge in [-0.3, -0.25) is 19.2 Å². The number of esters is 1. The van der Waals surface area contributed by atoms with Crippen molar-refractivity contribution in [3.8, 4) is 0 Å². The van der Waals surface area contributed by atoms with Crippen LogP contribution in [0.3, 0.4) is 0 Å². The van der Waals surface area contributed by atoms with E-state index in [-0.39, 0.29) is 77.7 Å². The van der Waals surface area contributed by atoms with Crippen molar-refractivity contribution in [3.63, 3.8) is 0 Å². The number of nitrogens with one attached hydrogen (secondary N) is 1. The van der Waals surface area contributed by atoms with E-state index in [0.717, 1.165) is 5.57 Å². The second kappa shape index (κ2) is 28.3. The number of fused-ring (bicyclic) bond motifs is 4. The van der Waals surface area contributed by atoms with Crippen LogP contribution in [0.1, 0.15) is 166 Å². The number of hydrogen-bond donors (Lipinski definition) is 7. The van der Waals surface area contributed by atoms with Gasteiger partial charge in [0, 0.05) is 78.6 Å². The minimum absolute atomic E-state index is 0.00643. The molecule has 6 aliphatic heterocycles. The number of ether oxygens (including phenoxy) is 3. The number of cyclic esters (lactones) is 1. The maximum atomic E-state index is 14.9. The third-order valence-electron chi connectivity index (χ3n) is 20.6. The molecule has 0 aromatic carbocycles. The van der Waals surface area contributed by atoms with Gasteiger partial charge in [0.15, 0.2) is 0 Å². The number of carboxylic acid groups (broad SMARTS) is 1. The number of carbonyl (C=O) groups is 6. The van der Waals surface area contributed by atoms with Crippen molar-refractivity contribution in [3.05, 3.63) is 33.9 Å². The first-order chi connectivity index (χ1) is 39.4. The van der Waals surface area contributed by atoms with E-state index >= 15 is 0 Å². The second-order valence-corrected chi connectivity index (χ2v) is 28.9. The molecule has 84 heavy (non-hydrogen) atoms. The van der Waals surface area contributed by atoms with Crippen LogP contribution < -0.4 is 5.32 Å². The highest BCUT2D eigenvalue weighted by Crippen LogP contribution is 2.52. The van der Waals surface area contributed by atoms with E-state index < -0.39 is 113 Å². The summed E-state index contributed by atoms with van der Waals surface area (Å²) in [6, 6.07) is -1.79. The Morgan fingerprint density at radius 1 is 0.976 bits per heavy atom. The SMILES string of the molecule is CO[C@@H]1C[C@H](/C=C(\C)[C@H]2OC(=O)[C@@H]3CCCCN3C(=O)C(=O)[C@]3(O)O[C@H]([C@@H](C)C[C@@H](C)C/C(C)=C/[C@@H](CCC(C)(C)N(C)CC[C@@H](O)[C@@H]4C[C@H](SC5=C(C(=O)O)N6C(=O)[C@H]([C@@H](C)O)[C@H]6[C@H]5C)CN4)C(=O)C[C@H](O)[C@H]2C)[C@@H](C)C[C@H]3C)CC[C@H]1O. The van der Waals surface area contributed by atoms with Crippen LogP contribution >= 0.6 is 11.8 Å². The van der Waals surface area contributed by atoms with E-state index in [0.29, 0.717) is 101 Å². The number of hydrogen-bond acceptors (Lipinski definition) is 17. The van der Waals surface area contributed by atoms with Gasteiger partial charge in [-0.1, -0.05) is 59.3 Å². The van der Waals surface area contributed by atoms with Crippen LogP contribution in [0.5, 0.6) is 0 Å². The Hall–Kier alpha value is -3.57. The number of allylic oxidation sites excluding steroid dienone is 3. The lowest BCUT2D eigenvalue weighted by molar-refractivity contribution is -0.282. The Morgan fingerprint density at radius 3 is 2.33 bits per heavy atom. The summed E-state index contributed by atoms with van der Waals surface area (Å²) >= 11 is 1.45. The van der Waals surface area contributed by atoms with Crippen molar-refractivity contribution in [1.29, 1.82) is 0 Å².